The predicted octanol–water partition coefficient (Wildman–Crippen LogP) is 1.98. The molecule has 4 nitrogen and oxygen atoms in total. The topological polar surface area (TPSA) is 49.4 Å². The number of ketones is 1. The molecular formula is C14H28N2O2. The van der Waals surface area contributed by atoms with Crippen LogP contribution in [0, 0.1) is 0 Å². The third-order valence-corrected chi connectivity index (χ3v) is 2.55. The minimum absolute atomic E-state index is 0.133. The predicted molar refractivity (Wildman–Crippen MR) is 74.5 cm³/mol. The number of hydrogen-bond donors (Lipinski definition) is 1. The van der Waals surface area contributed by atoms with E-state index in [4.69, 9.17) is 0 Å². The van der Waals surface area contributed by atoms with Crippen molar-refractivity contribution < 1.29 is 9.59 Å². The van der Waals surface area contributed by atoms with E-state index >= 15 is 0 Å². The van der Waals surface area contributed by atoms with Crippen LogP contribution in [0.1, 0.15) is 52.4 Å². The van der Waals surface area contributed by atoms with Gasteiger partial charge in [-0.2, -0.15) is 0 Å². The van der Waals surface area contributed by atoms with Crippen molar-refractivity contribution in [1.29, 1.82) is 0 Å². The second-order valence-electron chi connectivity index (χ2n) is 5.41. The first-order chi connectivity index (χ1) is 8.41. The molecule has 0 saturated carbocycles. The van der Waals surface area contributed by atoms with Crippen molar-refractivity contribution in [1.82, 2.24) is 10.2 Å². The van der Waals surface area contributed by atoms with E-state index in [1.54, 1.807) is 0 Å². The molecule has 1 amide bonds. The molecule has 0 aliphatic rings. The smallest absolute Gasteiger partial charge is 0.220 e. The van der Waals surface area contributed by atoms with Gasteiger partial charge in [0.1, 0.15) is 5.78 Å². The molecule has 0 fully saturated rings. The van der Waals surface area contributed by atoms with Gasteiger partial charge in [-0.1, -0.05) is 12.8 Å². The quantitative estimate of drug-likeness (QED) is 0.608. The van der Waals surface area contributed by atoms with Gasteiger partial charge in [0.25, 0.3) is 0 Å². The normalized spacial score (nSPS) is 11.0. The molecule has 0 aromatic carbocycles. The second kappa shape index (κ2) is 10.1. The van der Waals surface area contributed by atoms with Crippen molar-refractivity contribution in [2.45, 2.75) is 58.4 Å². The van der Waals surface area contributed by atoms with Gasteiger partial charge in [0.2, 0.25) is 5.91 Å². The summed E-state index contributed by atoms with van der Waals surface area (Å²) >= 11 is 0. The summed E-state index contributed by atoms with van der Waals surface area (Å²) in [5.74, 6) is 0.436. The van der Waals surface area contributed by atoms with Crippen LogP contribution in [0.4, 0.5) is 0 Å². The average molecular weight is 256 g/mol. The van der Waals surface area contributed by atoms with Gasteiger partial charge in [-0.25, -0.2) is 0 Å². The Morgan fingerprint density at radius 3 is 2.06 bits per heavy atom. The third kappa shape index (κ3) is 11.6. The zero-order valence-electron chi connectivity index (χ0n) is 12.3. The fourth-order valence-electron chi connectivity index (χ4n) is 1.79. The highest BCUT2D eigenvalue weighted by Crippen LogP contribution is 2.06. The Balaban J connectivity index is 3.36. The Labute approximate surface area is 111 Å². The first-order valence-corrected chi connectivity index (χ1v) is 6.87. The Bertz CT molecular complexity index is 224. The van der Waals surface area contributed by atoms with Gasteiger partial charge in [-0.15, -0.1) is 0 Å². The minimum Gasteiger partial charge on any atom is -0.354 e. The molecule has 0 aromatic rings. The molecule has 18 heavy (non-hydrogen) atoms. The molecule has 0 radical (unpaired) electrons. The van der Waals surface area contributed by atoms with Gasteiger partial charge in [-0.05, 0) is 40.8 Å². The highest BCUT2D eigenvalue weighted by Gasteiger charge is 2.04. The summed E-state index contributed by atoms with van der Waals surface area (Å²) in [5, 5.41) is 2.87. The average Bonchev–Trinajstić information content (AvgIpc) is 2.20. The van der Waals surface area contributed by atoms with Gasteiger partial charge in [0.15, 0.2) is 0 Å². The molecule has 0 aromatic heterocycles. The van der Waals surface area contributed by atoms with Crippen LogP contribution in [0.5, 0.6) is 0 Å². The zero-order chi connectivity index (χ0) is 14.0. The lowest BCUT2D eigenvalue weighted by molar-refractivity contribution is -0.122. The number of nitrogens with one attached hydrogen (secondary N) is 1. The van der Waals surface area contributed by atoms with Crippen LogP contribution in [0.2, 0.25) is 0 Å². The van der Waals surface area contributed by atoms with Gasteiger partial charge < -0.3 is 10.2 Å². The molecule has 0 aliphatic heterocycles. The summed E-state index contributed by atoms with van der Waals surface area (Å²) < 4.78 is 0. The maximum absolute atomic E-state index is 11.4. The van der Waals surface area contributed by atoms with E-state index in [2.05, 4.69) is 5.32 Å². The Hall–Kier alpha value is -0.900. The maximum atomic E-state index is 11.4. The number of amides is 1. The fraction of sp³-hybridized carbons (Fsp3) is 0.857. The largest absolute Gasteiger partial charge is 0.354 e. The minimum atomic E-state index is 0.133. The molecule has 0 atom stereocenters. The van der Waals surface area contributed by atoms with E-state index in [0.717, 1.165) is 25.7 Å². The van der Waals surface area contributed by atoms with Gasteiger partial charge in [0.05, 0.1) is 6.54 Å². The van der Waals surface area contributed by atoms with Crippen LogP contribution in [0.15, 0.2) is 0 Å². The molecule has 0 saturated heterocycles. The highest BCUT2D eigenvalue weighted by molar-refractivity contribution is 5.80. The lowest BCUT2D eigenvalue weighted by Gasteiger charge is -2.08. The number of nitrogens with zero attached hydrogens (tertiary/aromatic N) is 1. The lowest BCUT2D eigenvalue weighted by Crippen LogP contribution is -2.29. The van der Waals surface area contributed by atoms with Crippen LogP contribution in [0.3, 0.4) is 0 Å². The van der Waals surface area contributed by atoms with Gasteiger partial charge in [-0.3, -0.25) is 9.59 Å². The molecule has 0 spiro atoms. The van der Waals surface area contributed by atoms with Crippen LogP contribution >= 0.6 is 0 Å². The number of carbonyl (C=O) groups excluding carboxylic acids is 2. The molecule has 0 rings (SSSR count). The third-order valence-electron chi connectivity index (χ3n) is 2.55. The molecule has 106 valence electrons. The summed E-state index contributed by atoms with van der Waals surface area (Å²) in [5.41, 5.74) is 0. The molecule has 1 N–H and O–H groups in total. The summed E-state index contributed by atoms with van der Waals surface area (Å²) in [6.07, 6.45) is 5.19. The fourth-order valence-corrected chi connectivity index (χ4v) is 1.79. The Kier molecular flexibility index (Phi) is 9.56. The maximum Gasteiger partial charge on any atom is 0.220 e. The van der Waals surface area contributed by atoms with Crippen molar-refractivity contribution >= 4 is 11.7 Å². The van der Waals surface area contributed by atoms with Crippen molar-refractivity contribution in [2.24, 2.45) is 0 Å². The molecule has 0 aliphatic carbocycles. The first-order valence-electron chi connectivity index (χ1n) is 6.87. The number of rotatable bonds is 10. The molecule has 4 heteroatoms. The number of likely N-dealkylation sites (N-methyl/N-ethyl adjacent to an activating group) is 1. The SMILES string of the molecule is CC(C)NC(=O)CCCCCCC(=O)CN(C)C. The monoisotopic (exact) mass is 256 g/mol. The highest BCUT2D eigenvalue weighted by atomic mass is 16.1. The van der Waals surface area contributed by atoms with Crippen molar-refractivity contribution in [3.63, 3.8) is 0 Å². The molecular weight excluding hydrogens is 228 g/mol. The summed E-state index contributed by atoms with van der Waals surface area (Å²) in [7, 11) is 3.82. The van der Waals surface area contributed by atoms with Crippen molar-refractivity contribution in [3.8, 4) is 0 Å². The van der Waals surface area contributed by atoms with Crippen molar-refractivity contribution in [2.75, 3.05) is 20.6 Å². The van der Waals surface area contributed by atoms with Crippen LogP contribution in [-0.4, -0.2) is 43.3 Å². The van der Waals surface area contributed by atoms with E-state index in [9.17, 15) is 9.59 Å². The van der Waals surface area contributed by atoms with Crippen molar-refractivity contribution in [3.05, 3.63) is 0 Å². The van der Waals surface area contributed by atoms with Gasteiger partial charge in [0, 0.05) is 18.9 Å². The number of unbranched alkanes of at least 4 members (excludes halogenated alkanes) is 3. The van der Waals surface area contributed by atoms with E-state index < -0.39 is 0 Å². The zero-order valence-corrected chi connectivity index (χ0v) is 12.3. The Morgan fingerprint density at radius 2 is 1.56 bits per heavy atom. The van der Waals surface area contributed by atoms with Crippen LogP contribution in [0.25, 0.3) is 0 Å². The molecule has 0 heterocycles. The second-order valence-corrected chi connectivity index (χ2v) is 5.41. The molecule has 0 bridgehead atoms. The number of carbonyl (C=O) groups is 2. The van der Waals surface area contributed by atoms with E-state index in [-0.39, 0.29) is 11.9 Å². The lowest BCUT2D eigenvalue weighted by atomic mass is 10.1. The van der Waals surface area contributed by atoms with Crippen LogP contribution < -0.4 is 5.32 Å². The molecule has 0 unspecified atom stereocenters. The van der Waals surface area contributed by atoms with E-state index in [0.29, 0.717) is 25.2 Å². The van der Waals surface area contributed by atoms with E-state index in [1.807, 2.05) is 32.8 Å². The summed E-state index contributed by atoms with van der Waals surface area (Å²) in [6.45, 7) is 4.47. The standard InChI is InChI=1S/C14H28N2O2/c1-12(2)15-14(18)10-8-6-5-7-9-13(17)11-16(3)4/h12H,5-11H2,1-4H3,(H,15,18). The Morgan fingerprint density at radius 1 is 1.00 bits per heavy atom. The summed E-state index contributed by atoms with van der Waals surface area (Å²) in [6, 6.07) is 0.223. The van der Waals surface area contributed by atoms with Crippen LogP contribution in [-0.2, 0) is 9.59 Å². The number of Topliss-reactive ketones (excluding diaryl/α,β-unsaturated/α-hetero) is 1. The summed E-state index contributed by atoms with van der Waals surface area (Å²) in [4.78, 5) is 24.7. The van der Waals surface area contributed by atoms with Gasteiger partial charge >= 0.3 is 0 Å². The number of hydrogen-bond acceptors (Lipinski definition) is 3. The first kappa shape index (κ1) is 17.1. The van der Waals surface area contributed by atoms with E-state index in [1.165, 1.54) is 0 Å².